The molecule has 1 aromatic carbocycles. The van der Waals surface area contributed by atoms with Crippen molar-refractivity contribution in [3.63, 3.8) is 0 Å². The average molecular weight is 341 g/mol. The van der Waals surface area contributed by atoms with Gasteiger partial charge in [-0.3, -0.25) is 4.79 Å². The lowest BCUT2D eigenvalue weighted by atomic mass is 10.3. The number of ether oxygens (including phenoxy) is 1. The number of rotatable bonds is 4. The summed E-state index contributed by atoms with van der Waals surface area (Å²) in [7, 11) is 1.72. The summed E-state index contributed by atoms with van der Waals surface area (Å²) in [5.41, 5.74) is 0.766. The van der Waals surface area contributed by atoms with Gasteiger partial charge in [-0.15, -0.1) is 0 Å². The molecule has 5 nitrogen and oxygen atoms in total. The molecule has 0 saturated heterocycles. The van der Waals surface area contributed by atoms with Crippen LogP contribution in [0.15, 0.2) is 36.5 Å². The Morgan fingerprint density at radius 3 is 2.59 bits per heavy atom. The van der Waals surface area contributed by atoms with Crippen LogP contribution in [0, 0.1) is 0 Å². The summed E-state index contributed by atoms with van der Waals surface area (Å²) in [6, 6.07) is 8.02. The van der Waals surface area contributed by atoms with Crippen molar-refractivity contribution in [1.29, 1.82) is 0 Å². The predicted molar refractivity (Wildman–Crippen MR) is 85.4 cm³/mol. The van der Waals surface area contributed by atoms with E-state index in [2.05, 4.69) is 5.32 Å². The van der Waals surface area contributed by atoms with Gasteiger partial charge in [0.05, 0.1) is 10.7 Å². The molecule has 2 rings (SSSR count). The van der Waals surface area contributed by atoms with E-state index in [1.54, 1.807) is 42.1 Å². The predicted octanol–water partition coefficient (Wildman–Crippen LogP) is 3.52. The fourth-order valence-electron chi connectivity index (χ4n) is 1.77. The van der Waals surface area contributed by atoms with Gasteiger partial charge in [-0.05, 0) is 37.3 Å². The number of carbonyl (C=O) groups excluding carboxylic acids is 2. The number of carbonyl (C=O) groups is 2. The Labute approximate surface area is 137 Å². The van der Waals surface area contributed by atoms with Crippen molar-refractivity contribution in [2.75, 3.05) is 5.32 Å². The largest absolute Gasteiger partial charge is 0.448 e. The summed E-state index contributed by atoms with van der Waals surface area (Å²) in [4.78, 5) is 24.0. The summed E-state index contributed by atoms with van der Waals surface area (Å²) in [5, 5.41) is 3.36. The number of amides is 1. The van der Waals surface area contributed by atoms with Gasteiger partial charge < -0.3 is 14.6 Å². The third-order valence-electron chi connectivity index (χ3n) is 2.99. The molecule has 116 valence electrons. The first-order valence-corrected chi connectivity index (χ1v) is 7.22. The molecule has 0 fully saturated rings. The average Bonchev–Trinajstić information content (AvgIpc) is 2.88. The van der Waals surface area contributed by atoms with Gasteiger partial charge in [0.15, 0.2) is 6.10 Å². The molecule has 1 heterocycles. The van der Waals surface area contributed by atoms with Crippen LogP contribution in [0.4, 0.5) is 5.69 Å². The van der Waals surface area contributed by atoms with Crippen LogP contribution in [0.2, 0.25) is 10.0 Å². The molecule has 0 aliphatic carbocycles. The molecule has 2 aromatic rings. The molecule has 0 aliphatic rings. The summed E-state index contributed by atoms with van der Waals surface area (Å²) in [6.45, 7) is 1.49. The van der Waals surface area contributed by atoms with Crippen molar-refractivity contribution < 1.29 is 14.3 Å². The minimum Gasteiger partial charge on any atom is -0.448 e. The number of nitrogens with zero attached hydrogens (tertiary/aromatic N) is 1. The fraction of sp³-hybridized carbons (Fsp3) is 0.200. The second-order valence-electron chi connectivity index (χ2n) is 4.67. The standard InChI is InChI=1S/C15H14Cl2N2O3/c1-9(22-15(21)13-4-3-7-19(13)2)14(20)18-12-6-5-10(16)8-11(12)17/h3-9H,1-2H3,(H,18,20)/t9-/m1/s1. The van der Waals surface area contributed by atoms with Crippen LogP contribution < -0.4 is 5.32 Å². The monoisotopic (exact) mass is 340 g/mol. The van der Waals surface area contributed by atoms with Crippen LogP contribution >= 0.6 is 23.2 Å². The highest BCUT2D eigenvalue weighted by molar-refractivity contribution is 6.36. The van der Waals surface area contributed by atoms with E-state index in [1.807, 2.05) is 0 Å². The van der Waals surface area contributed by atoms with E-state index in [-0.39, 0.29) is 0 Å². The molecule has 1 atom stereocenters. The summed E-state index contributed by atoms with van der Waals surface area (Å²) in [6.07, 6.45) is 0.753. The van der Waals surface area contributed by atoms with E-state index < -0.39 is 18.0 Å². The maximum atomic E-state index is 12.1. The molecule has 0 aliphatic heterocycles. The van der Waals surface area contributed by atoms with Crippen molar-refractivity contribution in [2.24, 2.45) is 7.05 Å². The van der Waals surface area contributed by atoms with Gasteiger partial charge in [0.25, 0.3) is 5.91 Å². The van der Waals surface area contributed by atoms with Gasteiger partial charge in [0.2, 0.25) is 0 Å². The number of hydrogen-bond donors (Lipinski definition) is 1. The Kier molecular flexibility index (Phi) is 5.11. The number of nitrogens with one attached hydrogen (secondary N) is 1. The van der Waals surface area contributed by atoms with Crippen molar-refractivity contribution in [3.05, 3.63) is 52.3 Å². The van der Waals surface area contributed by atoms with Gasteiger partial charge in [0, 0.05) is 18.3 Å². The summed E-state index contributed by atoms with van der Waals surface area (Å²) in [5.74, 6) is -1.05. The highest BCUT2D eigenvalue weighted by Crippen LogP contribution is 2.25. The molecular weight excluding hydrogens is 327 g/mol. The smallest absolute Gasteiger partial charge is 0.355 e. The van der Waals surface area contributed by atoms with Crippen LogP contribution in [0.5, 0.6) is 0 Å². The SMILES string of the molecule is C[C@@H](OC(=O)c1cccn1C)C(=O)Nc1ccc(Cl)cc1Cl. The second-order valence-corrected chi connectivity index (χ2v) is 5.51. The molecule has 22 heavy (non-hydrogen) atoms. The maximum Gasteiger partial charge on any atom is 0.355 e. The molecular formula is C15H14Cl2N2O3. The Bertz CT molecular complexity index is 713. The lowest BCUT2D eigenvalue weighted by molar-refractivity contribution is -0.123. The van der Waals surface area contributed by atoms with Crippen molar-refractivity contribution in [1.82, 2.24) is 4.57 Å². The maximum absolute atomic E-state index is 12.1. The van der Waals surface area contributed by atoms with Crippen molar-refractivity contribution in [3.8, 4) is 0 Å². The van der Waals surface area contributed by atoms with Gasteiger partial charge in [-0.2, -0.15) is 0 Å². The Hall–Kier alpha value is -1.98. The van der Waals surface area contributed by atoms with E-state index in [0.717, 1.165) is 0 Å². The first kappa shape index (κ1) is 16.4. The molecule has 1 aromatic heterocycles. The zero-order valence-electron chi connectivity index (χ0n) is 12.0. The topological polar surface area (TPSA) is 60.3 Å². The molecule has 0 saturated carbocycles. The minimum absolute atomic E-state index is 0.307. The first-order chi connectivity index (χ1) is 10.4. The van der Waals surface area contributed by atoms with Crippen LogP contribution in [0.3, 0.4) is 0 Å². The van der Waals surface area contributed by atoms with E-state index in [4.69, 9.17) is 27.9 Å². The second kappa shape index (κ2) is 6.85. The normalized spacial score (nSPS) is 11.8. The lowest BCUT2D eigenvalue weighted by Crippen LogP contribution is -2.30. The van der Waals surface area contributed by atoms with E-state index >= 15 is 0 Å². The lowest BCUT2D eigenvalue weighted by Gasteiger charge is -2.14. The van der Waals surface area contributed by atoms with Crippen LogP contribution in [-0.2, 0) is 16.6 Å². The van der Waals surface area contributed by atoms with Crippen molar-refractivity contribution >= 4 is 40.8 Å². The van der Waals surface area contributed by atoms with Gasteiger partial charge >= 0.3 is 5.97 Å². The summed E-state index contributed by atoms with van der Waals surface area (Å²) >= 11 is 11.8. The molecule has 1 N–H and O–H groups in total. The third-order valence-corrected chi connectivity index (χ3v) is 3.54. The summed E-state index contributed by atoms with van der Waals surface area (Å²) < 4.78 is 6.75. The van der Waals surface area contributed by atoms with E-state index in [1.165, 1.54) is 13.0 Å². The molecule has 1 amide bonds. The van der Waals surface area contributed by atoms with Crippen LogP contribution in [0.25, 0.3) is 0 Å². The fourth-order valence-corrected chi connectivity index (χ4v) is 2.23. The zero-order chi connectivity index (χ0) is 16.3. The minimum atomic E-state index is -0.964. The van der Waals surface area contributed by atoms with Crippen LogP contribution in [-0.4, -0.2) is 22.5 Å². The van der Waals surface area contributed by atoms with Crippen LogP contribution in [0.1, 0.15) is 17.4 Å². The highest BCUT2D eigenvalue weighted by Gasteiger charge is 2.21. The quantitative estimate of drug-likeness (QED) is 0.866. The Balaban J connectivity index is 2.00. The molecule has 0 unspecified atom stereocenters. The van der Waals surface area contributed by atoms with Gasteiger partial charge in [0.1, 0.15) is 5.69 Å². The van der Waals surface area contributed by atoms with Gasteiger partial charge in [-0.1, -0.05) is 23.2 Å². The molecule has 0 radical (unpaired) electrons. The van der Waals surface area contributed by atoms with Crippen molar-refractivity contribution in [2.45, 2.75) is 13.0 Å². The number of halogens is 2. The number of benzene rings is 1. The molecule has 7 heteroatoms. The molecule has 0 spiro atoms. The number of hydrogen-bond acceptors (Lipinski definition) is 3. The van der Waals surface area contributed by atoms with E-state index in [9.17, 15) is 9.59 Å². The number of anilines is 1. The Morgan fingerprint density at radius 1 is 1.27 bits per heavy atom. The third kappa shape index (κ3) is 3.81. The number of aromatic nitrogens is 1. The first-order valence-electron chi connectivity index (χ1n) is 6.46. The zero-order valence-corrected chi connectivity index (χ0v) is 13.5. The Morgan fingerprint density at radius 2 is 2.00 bits per heavy atom. The molecule has 0 bridgehead atoms. The van der Waals surface area contributed by atoms with E-state index in [0.29, 0.717) is 21.4 Å². The highest BCUT2D eigenvalue weighted by atomic mass is 35.5. The number of aryl methyl sites for hydroxylation is 1. The van der Waals surface area contributed by atoms with Gasteiger partial charge in [-0.25, -0.2) is 4.79 Å². The number of esters is 1.